The van der Waals surface area contributed by atoms with E-state index in [0.29, 0.717) is 0 Å². The van der Waals surface area contributed by atoms with Crippen LogP contribution in [0.15, 0.2) is 12.1 Å². The molecule has 76 valence electrons. The largest absolute Gasteiger partial charge is 0.494 e. The molecule has 4 nitrogen and oxygen atoms in total. The average molecular weight is 199 g/mol. The lowest BCUT2D eigenvalue weighted by atomic mass is 10.1. The molecule has 0 aliphatic carbocycles. The van der Waals surface area contributed by atoms with Crippen LogP contribution in [0.25, 0.3) is 0 Å². The number of carbonyl (C=O) groups excluding carboxylic acids is 1. The zero-order valence-corrected chi connectivity index (χ0v) is 7.83. The number of nitrogens with two attached hydrogens (primary N) is 1. The number of benzene rings is 1. The van der Waals surface area contributed by atoms with Crippen LogP contribution in [-0.2, 0) is 4.74 Å². The van der Waals surface area contributed by atoms with Gasteiger partial charge in [-0.05, 0) is 6.07 Å². The summed E-state index contributed by atoms with van der Waals surface area (Å²) in [5.74, 6) is -1.63. The highest BCUT2D eigenvalue weighted by Gasteiger charge is 2.17. The summed E-state index contributed by atoms with van der Waals surface area (Å²) in [6.07, 6.45) is 0. The standard InChI is InChI=1S/C9H10FNO3/c1-13-7-4-5(11)3-6(8(7)10)9(12)14-2/h3-4H,11H2,1-2H3. The highest BCUT2D eigenvalue weighted by atomic mass is 19.1. The van der Waals surface area contributed by atoms with E-state index in [9.17, 15) is 9.18 Å². The van der Waals surface area contributed by atoms with Crippen LogP contribution in [0.3, 0.4) is 0 Å². The van der Waals surface area contributed by atoms with Gasteiger partial charge in [-0.25, -0.2) is 9.18 Å². The monoisotopic (exact) mass is 199 g/mol. The summed E-state index contributed by atoms with van der Waals surface area (Å²) in [6.45, 7) is 0. The normalized spacial score (nSPS) is 9.64. The molecule has 1 aromatic rings. The van der Waals surface area contributed by atoms with Crippen LogP contribution in [0.5, 0.6) is 5.75 Å². The van der Waals surface area contributed by atoms with Crippen molar-refractivity contribution in [3.05, 3.63) is 23.5 Å². The van der Waals surface area contributed by atoms with Gasteiger partial charge < -0.3 is 15.2 Å². The molecule has 0 aromatic heterocycles. The molecule has 0 aliphatic rings. The maximum Gasteiger partial charge on any atom is 0.341 e. The number of anilines is 1. The molecule has 14 heavy (non-hydrogen) atoms. The van der Waals surface area contributed by atoms with E-state index in [0.717, 1.165) is 7.11 Å². The van der Waals surface area contributed by atoms with E-state index in [2.05, 4.69) is 4.74 Å². The van der Waals surface area contributed by atoms with Gasteiger partial charge in [-0.3, -0.25) is 0 Å². The first-order valence-corrected chi connectivity index (χ1v) is 3.81. The van der Waals surface area contributed by atoms with E-state index in [1.54, 1.807) is 0 Å². The Labute approximate surface area is 80.4 Å². The molecule has 0 fully saturated rings. The molecule has 1 rings (SSSR count). The lowest BCUT2D eigenvalue weighted by Crippen LogP contribution is -2.07. The molecule has 0 aliphatic heterocycles. The SMILES string of the molecule is COC(=O)c1cc(N)cc(OC)c1F. The zero-order chi connectivity index (χ0) is 10.7. The number of hydrogen-bond donors (Lipinski definition) is 1. The number of ether oxygens (including phenoxy) is 2. The van der Waals surface area contributed by atoms with E-state index in [-0.39, 0.29) is 17.0 Å². The van der Waals surface area contributed by atoms with Crippen molar-refractivity contribution in [1.82, 2.24) is 0 Å². The first-order chi connectivity index (χ1) is 6.60. The third kappa shape index (κ3) is 1.76. The Morgan fingerprint density at radius 2 is 2.07 bits per heavy atom. The second-order valence-electron chi connectivity index (χ2n) is 2.58. The Balaban J connectivity index is 3.29. The van der Waals surface area contributed by atoms with Gasteiger partial charge >= 0.3 is 5.97 Å². The number of nitrogen functional groups attached to an aromatic ring is 1. The fourth-order valence-electron chi connectivity index (χ4n) is 1.03. The van der Waals surface area contributed by atoms with Crippen molar-refractivity contribution in [3.63, 3.8) is 0 Å². The molecule has 2 N–H and O–H groups in total. The average Bonchev–Trinajstić information content (AvgIpc) is 2.19. The summed E-state index contributed by atoms with van der Waals surface area (Å²) in [5, 5.41) is 0. The third-order valence-corrected chi connectivity index (χ3v) is 1.69. The molecule has 0 radical (unpaired) electrons. The quantitative estimate of drug-likeness (QED) is 0.574. The van der Waals surface area contributed by atoms with Gasteiger partial charge in [0.2, 0.25) is 0 Å². The maximum absolute atomic E-state index is 13.4. The molecule has 0 saturated heterocycles. The minimum absolute atomic E-state index is 0.0783. The van der Waals surface area contributed by atoms with Crippen LogP contribution in [0.4, 0.5) is 10.1 Å². The Morgan fingerprint density at radius 3 is 2.57 bits per heavy atom. The third-order valence-electron chi connectivity index (χ3n) is 1.69. The summed E-state index contributed by atoms with van der Waals surface area (Å²) in [7, 11) is 2.45. The van der Waals surface area contributed by atoms with Crippen molar-refractivity contribution < 1.29 is 18.7 Å². The first-order valence-electron chi connectivity index (χ1n) is 3.81. The lowest BCUT2D eigenvalue weighted by molar-refractivity contribution is 0.0594. The van der Waals surface area contributed by atoms with E-state index >= 15 is 0 Å². The number of hydrogen-bond acceptors (Lipinski definition) is 4. The van der Waals surface area contributed by atoms with Crippen molar-refractivity contribution in [2.45, 2.75) is 0 Å². The van der Waals surface area contributed by atoms with Crippen molar-refractivity contribution in [2.24, 2.45) is 0 Å². The van der Waals surface area contributed by atoms with Crippen LogP contribution in [-0.4, -0.2) is 20.2 Å². The van der Waals surface area contributed by atoms with Crippen LogP contribution < -0.4 is 10.5 Å². The van der Waals surface area contributed by atoms with Gasteiger partial charge in [0.05, 0.1) is 14.2 Å². The van der Waals surface area contributed by atoms with Crippen LogP contribution in [0.2, 0.25) is 0 Å². The van der Waals surface area contributed by atoms with E-state index < -0.39 is 11.8 Å². The number of methoxy groups -OCH3 is 2. The van der Waals surface area contributed by atoms with Gasteiger partial charge in [0, 0.05) is 11.8 Å². The van der Waals surface area contributed by atoms with E-state index in [1.165, 1.54) is 19.2 Å². The van der Waals surface area contributed by atoms with Crippen LogP contribution >= 0.6 is 0 Å². The van der Waals surface area contributed by atoms with Gasteiger partial charge in [-0.2, -0.15) is 0 Å². The van der Waals surface area contributed by atoms with Crippen LogP contribution in [0.1, 0.15) is 10.4 Å². The van der Waals surface area contributed by atoms with Gasteiger partial charge in [-0.15, -0.1) is 0 Å². The number of rotatable bonds is 2. The predicted molar refractivity (Wildman–Crippen MR) is 48.7 cm³/mol. The molecular formula is C9H10FNO3. The molecule has 0 heterocycles. The molecule has 0 spiro atoms. The molecule has 1 aromatic carbocycles. The molecule has 5 heteroatoms. The van der Waals surface area contributed by atoms with E-state index in [1.807, 2.05) is 0 Å². The fourth-order valence-corrected chi connectivity index (χ4v) is 1.03. The molecule has 0 atom stereocenters. The van der Waals surface area contributed by atoms with Gasteiger partial charge in [0.25, 0.3) is 0 Å². The van der Waals surface area contributed by atoms with Gasteiger partial charge in [0.1, 0.15) is 5.56 Å². The zero-order valence-electron chi connectivity index (χ0n) is 7.83. The summed E-state index contributed by atoms with van der Waals surface area (Å²) in [6, 6.07) is 2.49. The second-order valence-corrected chi connectivity index (χ2v) is 2.58. The highest BCUT2D eigenvalue weighted by Crippen LogP contribution is 2.24. The second kappa shape index (κ2) is 3.95. The summed E-state index contributed by atoms with van der Waals surface area (Å²) in [4.78, 5) is 11.1. The smallest absolute Gasteiger partial charge is 0.341 e. The molecular weight excluding hydrogens is 189 g/mol. The van der Waals surface area contributed by atoms with Crippen molar-refractivity contribution in [2.75, 3.05) is 20.0 Å². The summed E-state index contributed by atoms with van der Waals surface area (Å²) < 4.78 is 22.5. The maximum atomic E-state index is 13.4. The lowest BCUT2D eigenvalue weighted by Gasteiger charge is -2.07. The Hall–Kier alpha value is -1.78. The number of esters is 1. The summed E-state index contributed by atoms with van der Waals surface area (Å²) >= 11 is 0. The number of halogens is 1. The molecule has 0 saturated carbocycles. The van der Waals surface area contributed by atoms with Gasteiger partial charge in [-0.1, -0.05) is 0 Å². The van der Waals surface area contributed by atoms with Crippen molar-refractivity contribution in [3.8, 4) is 5.75 Å². The highest BCUT2D eigenvalue weighted by molar-refractivity contribution is 5.91. The topological polar surface area (TPSA) is 61.5 Å². The number of carbonyl (C=O) groups is 1. The molecule has 0 amide bonds. The minimum Gasteiger partial charge on any atom is -0.494 e. The Morgan fingerprint density at radius 1 is 1.43 bits per heavy atom. The first kappa shape index (κ1) is 10.3. The van der Waals surface area contributed by atoms with Crippen molar-refractivity contribution in [1.29, 1.82) is 0 Å². The van der Waals surface area contributed by atoms with Crippen molar-refractivity contribution >= 4 is 11.7 Å². The van der Waals surface area contributed by atoms with E-state index in [4.69, 9.17) is 10.5 Å². The fraction of sp³-hybridized carbons (Fsp3) is 0.222. The minimum atomic E-state index is -0.784. The Bertz CT molecular complexity index is 365. The van der Waals surface area contributed by atoms with Gasteiger partial charge in [0.15, 0.2) is 11.6 Å². The molecule has 0 unspecified atom stereocenters. The Kier molecular flexibility index (Phi) is 2.91. The summed E-state index contributed by atoms with van der Waals surface area (Å²) in [5.41, 5.74) is 5.45. The predicted octanol–water partition coefficient (Wildman–Crippen LogP) is 1.20. The molecule has 0 bridgehead atoms. The van der Waals surface area contributed by atoms with Crippen LogP contribution in [0, 0.1) is 5.82 Å².